The van der Waals surface area contributed by atoms with E-state index < -0.39 is 5.69 Å². The Balaban J connectivity index is 2.25. The number of rotatable bonds is 7. The van der Waals surface area contributed by atoms with Gasteiger partial charge in [0, 0.05) is 19.6 Å². The smallest absolute Gasteiger partial charge is 0.332 e. The largest absolute Gasteiger partial charge is 0.342 e. The third kappa shape index (κ3) is 3.74. The first-order valence-corrected chi connectivity index (χ1v) is 9.95. The Bertz CT molecular complexity index is 1140. The highest BCUT2D eigenvalue weighted by atomic mass is 16.2. The summed E-state index contributed by atoms with van der Waals surface area (Å²) in [6.07, 6.45) is 0. The molecule has 0 fully saturated rings. The number of fused-ring (bicyclic) bond motifs is 1. The van der Waals surface area contributed by atoms with Crippen molar-refractivity contribution in [3.63, 3.8) is 0 Å². The molecule has 0 radical (unpaired) electrons. The lowest BCUT2D eigenvalue weighted by atomic mass is 10.2. The minimum atomic E-state index is -0.495. The fourth-order valence-electron chi connectivity index (χ4n) is 3.66. The minimum Gasteiger partial charge on any atom is -0.342 e. The van der Waals surface area contributed by atoms with E-state index >= 15 is 0 Å². The summed E-state index contributed by atoms with van der Waals surface area (Å²) >= 11 is 0. The SMILES string of the molecule is CCN(CC)C(=O)Cn1c(=O)n(Cc2ccccc2)c(=O)c2c1c(C)nn2CC. The number of carbonyl (C=O) groups is 1. The first kappa shape index (κ1) is 20.6. The molecule has 2 heterocycles. The second-order valence-electron chi connectivity index (χ2n) is 6.91. The van der Waals surface area contributed by atoms with Gasteiger partial charge in [-0.2, -0.15) is 5.10 Å². The van der Waals surface area contributed by atoms with Crippen LogP contribution in [0.25, 0.3) is 11.0 Å². The number of likely N-dealkylation sites (N-methyl/N-ethyl adjacent to an activating group) is 1. The van der Waals surface area contributed by atoms with Gasteiger partial charge in [-0.1, -0.05) is 30.3 Å². The van der Waals surface area contributed by atoms with E-state index in [2.05, 4.69) is 5.10 Å². The lowest BCUT2D eigenvalue weighted by Crippen LogP contribution is -2.44. The summed E-state index contributed by atoms with van der Waals surface area (Å²) in [4.78, 5) is 41.0. The van der Waals surface area contributed by atoms with Crippen molar-refractivity contribution in [3.8, 4) is 0 Å². The number of hydrogen-bond donors (Lipinski definition) is 0. The van der Waals surface area contributed by atoms with Crippen molar-refractivity contribution in [1.29, 1.82) is 0 Å². The number of aryl methyl sites for hydroxylation is 2. The van der Waals surface area contributed by atoms with Crippen molar-refractivity contribution in [2.24, 2.45) is 0 Å². The van der Waals surface area contributed by atoms with Gasteiger partial charge >= 0.3 is 5.69 Å². The van der Waals surface area contributed by atoms with Crippen LogP contribution in [0.5, 0.6) is 0 Å². The molecule has 8 heteroatoms. The first-order chi connectivity index (χ1) is 13.9. The van der Waals surface area contributed by atoms with Gasteiger partial charge in [-0.3, -0.25) is 23.4 Å². The van der Waals surface area contributed by atoms with Crippen LogP contribution >= 0.6 is 0 Å². The molecule has 1 amide bonds. The molecule has 0 bridgehead atoms. The predicted molar refractivity (Wildman–Crippen MR) is 112 cm³/mol. The summed E-state index contributed by atoms with van der Waals surface area (Å²) in [5.41, 5.74) is 1.32. The maximum Gasteiger partial charge on any atom is 0.332 e. The summed E-state index contributed by atoms with van der Waals surface area (Å²) in [5.74, 6) is -0.160. The van der Waals surface area contributed by atoms with E-state index in [1.54, 1.807) is 16.5 Å². The molecule has 154 valence electrons. The van der Waals surface area contributed by atoms with E-state index in [4.69, 9.17) is 0 Å². The lowest BCUT2D eigenvalue weighted by molar-refractivity contribution is -0.131. The standard InChI is InChI=1S/C21H27N5O3/c1-5-23(6-2)17(27)14-24-18-15(4)22-26(7-3)19(18)20(28)25(21(24)29)13-16-11-9-8-10-12-16/h8-12H,5-7,13-14H2,1-4H3. The van der Waals surface area contributed by atoms with Crippen LogP contribution in [0.1, 0.15) is 32.0 Å². The molecule has 0 aliphatic carbocycles. The van der Waals surface area contributed by atoms with Gasteiger partial charge in [0.2, 0.25) is 5.91 Å². The summed E-state index contributed by atoms with van der Waals surface area (Å²) in [6, 6.07) is 9.34. The zero-order chi connectivity index (χ0) is 21.1. The molecule has 3 aromatic rings. The van der Waals surface area contributed by atoms with E-state index in [1.165, 1.54) is 9.13 Å². The predicted octanol–water partition coefficient (Wildman–Crippen LogP) is 1.60. The number of aromatic nitrogens is 4. The Kier molecular flexibility index (Phi) is 6.00. The van der Waals surface area contributed by atoms with Gasteiger partial charge in [-0.05, 0) is 33.3 Å². The van der Waals surface area contributed by atoms with E-state index in [0.717, 1.165) is 5.56 Å². The molecule has 0 aliphatic heterocycles. The molecule has 0 aliphatic rings. The summed E-state index contributed by atoms with van der Waals surface area (Å²) in [5, 5.41) is 4.43. The highest BCUT2D eigenvalue weighted by Crippen LogP contribution is 2.14. The van der Waals surface area contributed by atoms with Crippen LogP contribution in [0.2, 0.25) is 0 Å². The molecule has 1 aromatic carbocycles. The highest BCUT2D eigenvalue weighted by Gasteiger charge is 2.22. The van der Waals surface area contributed by atoms with Crippen LogP contribution in [0, 0.1) is 6.92 Å². The third-order valence-electron chi connectivity index (χ3n) is 5.17. The van der Waals surface area contributed by atoms with Crippen molar-refractivity contribution in [2.45, 2.75) is 47.3 Å². The van der Waals surface area contributed by atoms with Gasteiger partial charge in [-0.25, -0.2) is 4.79 Å². The Morgan fingerprint density at radius 3 is 2.24 bits per heavy atom. The Labute approximate surface area is 169 Å². The molecular formula is C21H27N5O3. The summed E-state index contributed by atoms with van der Waals surface area (Å²) in [7, 11) is 0. The fraction of sp³-hybridized carbons (Fsp3) is 0.429. The molecule has 0 atom stereocenters. The molecule has 0 saturated carbocycles. The van der Waals surface area contributed by atoms with Gasteiger partial charge in [-0.15, -0.1) is 0 Å². The van der Waals surface area contributed by atoms with Gasteiger partial charge in [0.05, 0.1) is 12.2 Å². The number of hydrogen-bond acceptors (Lipinski definition) is 4. The molecular weight excluding hydrogens is 370 g/mol. The number of carbonyl (C=O) groups excluding carboxylic acids is 1. The molecule has 0 unspecified atom stereocenters. The lowest BCUT2D eigenvalue weighted by Gasteiger charge is -2.20. The zero-order valence-electron chi connectivity index (χ0n) is 17.4. The summed E-state index contributed by atoms with van der Waals surface area (Å²) in [6.45, 7) is 9.08. The van der Waals surface area contributed by atoms with Gasteiger partial charge < -0.3 is 4.90 Å². The molecule has 0 spiro atoms. The molecule has 8 nitrogen and oxygen atoms in total. The van der Waals surface area contributed by atoms with Crippen molar-refractivity contribution in [3.05, 3.63) is 62.4 Å². The summed E-state index contributed by atoms with van der Waals surface area (Å²) < 4.78 is 4.20. The van der Waals surface area contributed by atoms with E-state index in [0.29, 0.717) is 36.4 Å². The average Bonchev–Trinajstić information content (AvgIpc) is 3.06. The molecule has 3 rings (SSSR count). The molecule has 2 aromatic heterocycles. The van der Waals surface area contributed by atoms with Gasteiger partial charge in [0.15, 0.2) is 5.52 Å². The first-order valence-electron chi connectivity index (χ1n) is 9.95. The Hall–Kier alpha value is -3.16. The topological polar surface area (TPSA) is 82.1 Å². The van der Waals surface area contributed by atoms with Crippen LogP contribution in [0.15, 0.2) is 39.9 Å². The number of nitrogens with zero attached hydrogens (tertiary/aromatic N) is 5. The van der Waals surface area contributed by atoms with Crippen LogP contribution in [0.3, 0.4) is 0 Å². The van der Waals surface area contributed by atoms with Crippen LogP contribution in [-0.4, -0.2) is 42.8 Å². The highest BCUT2D eigenvalue weighted by molar-refractivity contribution is 5.81. The van der Waals surface area contributed by atoms with Crippen LogP contribution < -0.4 is 11.2 Å². The van der Waals surface area contributed by atoms with Crippen molar-refractivity contribution in [2.75, 3.05) is 13.1 Å². The maximum atomic E-state index is 13.3. The van der Waals surface area contributed by atoms with Crippen LogP contribution in [-0.2, 0) is 24.4 Å². The van der Waals surface area contributed by atoms with E-state index in [-0.39, 0.29) is 24.6 Å². The van der Waals surface area contributed by atoms with Crippen LogP contribution in [0.4, 0.5) is 0 Å². The third-order valence-corrected chi connectivity index (χ3v) is 5.17. The number of amides is 1. The van der Waals surface area contributed by atoms with E-state index in [9.17, 15) is 14.4 Å². The second kappa shape index (κ2) is 8.46. The maximum absolute atomic E-state index is 13.3. The molecule has 29 heavy (non-hydrogen) atoms. The minimum absolute atomic E-state index is 0.123. The second-order valence-corrected chi connectivity index (χ2v) is 6.91. The number of benzene rings is 1. The Morgan fingerprint density at radius 1 is 1.00 bits per heavy atom. The van der Waals surface area contributed by atoms with Crippen molar-refractivity contribution < 1.29 is 4.79 Å². The monoisotopic (exact) mass is 397 g/mol. The quantitative estimate of drug-likeness (QED) is 0.606. The normalized spacial score (nSPS) is 11.2. The average molecular weight is 397 g/mol. The van der Waals surface area contributed by atoms with E-state index in [1.807, 2.05) is 51.1 Å². The zero-order valence-corrected chi connectivity index (χ0v) is 17.4. The fourth-order valence-corrected chi connectivity index (χ4v) is 3.66. The van der Waals surface area contributed by atoms with Crippen molar-refractivity contribution in [1.82, 2.24) is 23.8 Å². The molecule has 0 saturated heterocycles. The van der Waals surface area contributed by atoms with Gasteiger partial charge in [0.25, 0.3) is 5.56 Å². The van der Waals surface area contributed by atoms with Gasteiger partial charge in [0.1, 0.15) is 12.1 Å². The molecule has 0 N–H and O–H groups in total. The Morgan fingerprint density at radius 2 is 1.66 bits per heavy atom. The van der Waals surface area contributed by atoms with Crippen molar-refractivity contribution >= 4 is 16.9 Å².